The molecule has 0 radical (unpaired) electrons. The number of rotatable bonds is 6. The largest absolute Gasteiger partial charge is 0.454 e. The molecule has 0 bridgehead atoms. The van der Waals surface area contributed by atoms with E-state index < -0.39 is 5.97 Å². The Kier molecular flexibility index (Phi) is 5.23. The van der Waals surface area contributed by atoms with Gasteiger partial charge in [0, 0.05) is 29.2 Å². The zero-order chi connectivity index (χ0) is 21.3. The Balaban J connectivity index is 1.43. The number of anilines is 1. The van der Waals surface area contributed by atoms with Gasteiger partial charge in [-0.2, -0.15) is 0 Å². The number of nitrogens with one attached hydrogen (secondary N) is 1. The lowest BCUT2D eigenvalue weighted by atomic mass is 10.1. The van der Waals surface area contributed by atoms with E-state index in [9.17, 15) is 14.4 Å². The first kappa shape index (κ1) is 19.6. The minimum absolute atomic E-state index is 0.0908. The number of carbonyl (C=O) groups is 3. The highest BCUT2D eigenvalue weighted by atomic mass is 16.5. The minimum Gasteiger partial charge on any atom is -0.454 e. The first-order valence-corrected chi connectivity index (χ1v) is 9.76. The van der Waals surface area contributed by atoms with Gasteiger partial charge in [0.25, 0.3) is 0 Å². The van der Waals surface area contributed by atoms with Crippen molar-refractivity contribution in [2.24, 2.45) is 0 Å². The summed E-state index contributed by atoms with van der Waals surface area (Å²) in [5.41, 5.74) is 5.27. The number of aromatic nitrogens is 1. The molecular formula is C24H22N2O4. The van der Waals surface area contributed by atoms with Gasteiger partial charge < -0.3 is 14.6 Å². The molecule has 0 atom stereocenters. The van der Waals surface area contributed by atoms with Crippen LogP contribution in [0, 0.1) is 13.8 Å². The summed E-state index contributed by atoms with van der Waals surface area (Å²) in [6, 6.07) is 16.8. The lowest BCUT2D eigenvalue weighted by molar-refractivity contribution is -0.115. The van der Waals surface area contributed by atoms with Crippen molar-refractivity contribution in [3.8, 4) is 0 Å². The summed E-state index contributed by atoms with van der Waals surface area (Å²) in [5.74, 6) is -0.913. The molecule has 4 rings (SSSR count). The van der Waals surface area contributed by atoms with Crippen molar-refractivity contribution in [1.29, 1.82) is 0 Å². The molecule has 0 saturated heterocycles. The van der Waals surface area contributed by atoms with E-state index in [4.69, 9.17) is 4.74 Å². The number of amides is 1. The van der Waals surface area contributed by atoms with Gasteiger partial charge in [0.2, 0.25) is 5.91 Å². The van der Waals surface area contributed by atoms with E-state index in [0.29, 0.717) is 17.7 Å². The maximum absolute atomic E-state index is 12.6. The number of fused-ring (bicyclic) bond motifs is 1. The van der Waals surface area contributed by atoms with Gasteiger partial charge >= 0.3 is 5.97 Å². The van der Waals surface area contributed by atoms with E-state index in [-0.39, 0.29) is 24.7 Å². The summed E-state index contributed by atoms with van der Waals surface area (Å²) in [7, 11) is 0. The highest BCUT2D eigenvalue weighted by Crippen LogP contribution is 2.24. The smallest absolute Gasteiger partial charge is 0.340 e. The second-order valence-corrected chi connectivity index (χ2v) is 7.45. The van der Waals surface area contributed by atoms with Crippen molar-refractivity contribution in [2.45, 2.75) is 26.8 Å². The molecule has 1 aliphatic rings. The molecule has 2 heterocycles. The Morgan fingerprint density at radius 1 is 1.07 bits per heavy atom. The van der Waals surface area contributed by atoms with Gasteiger partial charge in [0.15, 0.2) is 12.4 Å². The summed E-state index contributed by atoms with van der Waals surface area (Å²) >= 11 is 0. The standard InChI is InChI=1S/C24H22N2O4/c1-15-10-20(16(2)26(15)13-17-6-4-3-5-7-17)24(29)30-14-22(27)18-8-9-21-19(11-18)12-23(28)25-21/h3-11H,12-14H2,1-2H3,(H,25,28). The van der Waals surface area contributed by atoms with Crippen LogP contribution in [0.15, 0.2) is 54.6 Å². The average molecular weight is 402 g/mol. The first-order valence-electron chi connectivity index (χ1n) is 9.76. The fraction of sp³-hybridized carbons (Fsp3) is 0.208. The molecular weight excluding hydrogens is 380 g/mol. The van der Waals surface area contributed by atoms with Crippen LogP contribution in [0.5, 0.6) is 0 Å². The fourth-order valence-corrected chi connectivity index (χ4v) is 3.71. The fourth-order valence-electron chi connectivity index (χ4n) is 3.71. The molecule has 1 amide bonds. The second kappa shape index (κ2) is 7.99. The Bertz CT molecular complexity index is 1150. The van der Waals surface area contributed by atoms with Gasteiger partial charge in [-0.25, -0.2) is 4.79 Å². The van der Waals surface area contributed by atoms with E-state index in [2.05, 4.69) is 9.88 Å². The highest BCUT2D eigenvalue weighted by Gasteiger charge is 2.21. The van der Waals surface area contributed by atoms with E-state index in [1.165, 1.54) is 0 Å². The molecule has 1 aliphatic heterocycles. The van der Waals surface area contributed by atoms with Crippen LogP contribution in [0.4, 0.5) is 5.69 Å². The zero-order valence-corrected chi connectivity index (χ0v) is 16.9. The number of nitrogens with zero attached hydrogens (tertiary/aromatic N) is 1. The minimum atomic E-state index is -0.520. The average Bonchev–Trinajstić information content (AvgIpc) is 3.25. The van der Waals surface area contributed by atoms with Crippen LogP contribution < -0.4 is 5.32 Å². The number of ether oxygens (including phenoxy) is 1. The normalized spacial score (nSPS) is 12.4. The first-order chi connectivity index (χ1) is 14.4. The third-order valence-corrected chi connectivity index (χ3v) is 5.36. The molecule has 1 aromatic heterocycles. The number of hydrogen-bond donors (Lipinski definition) is 1. The van der Waals surface area contributed by atoms with E-state index >= 15 is 0 Å². The Hall–Kier alpha value is -3.67. The summed E-state index contributed by atoms with van der Waals surface area (Å²) in [5, 5.41) is 2.73. The molecule has 30 heavy (non-hydrogen) atoms. The number of Topliss-reactive ketones (excluding diaryl/α,β-unsaturated/α-hetero) is 1. The maximum Gasteiger partial charge on any atom is 0.340 e. The molecule has 0 unspecified atom stereocenters. The number of esters is 1. The van der Waals surface area contributed by atoms with Crippen LogP contribution in [0.25, 0.3) is 0 Å². The molecule has 1 N–H and O–H groups in total. The number of hydrogen-bond acceptors (Lipinski definition) is 4. The van der Waals surface area contributed by atoms with E-state index in [0.717, 1.165) is 28.2 Å². The second-order valence-electron chi connectivity index (χ2n) is 7.45. The van der Waals surface area contributed by atoms with Crippen molar-refractivity contribution in [1.82, 2.24) is 4.57 Å². The van der Waals surface area contributed by atoms with E-state index in [1.54, 1.807) is 24.3 Å². The lowest BCUT2D eigenvalue weighted by Gasteiger charge is -2.10. The third-order valence-electron chi connectivity index (χ3n) is 5.36. The third kappa shape index (κ3) is 3.89. The van der Waals surface area contributed by atoms with Crippen molar-refractivity contribution in [3.05, 3.63) is 88.2 Å². The van der Waals surface area contributed by atoms with Gasteiger partial charge in [0.1, 0.15) is 0 Å². The highest BCUT2D eigenvalue weighted by molar-refractivity contribution is 6.03. The van der Waals surface area contributed by atoms with Gasteiger partial charge in [-0.3, -0.25) is 9.59 Å². The SMILES string of the molecule is Cc1cc(C(=O)OCC(=O)c2ccc3c(c2)CC(=O)N3)c(C)n1Cc1ccccc1. The summed E-state index contributed by atoms with van der Waals surface area (Å²) in [4.78, 5) is 36.5. The Labute approximate surface area is 174 Å². The molecule has 0 spiro atoms. The van der Waals surface area contributed by atoms with Crippen LogP contribution in [-0.2, 0) is 22.5 Å². The number of benzene rings is 2. The van der Waals surface area contributed by atoms with Crippen LogP contribution in [-0.4, -0.2) is 28.8 Å². The molecule has 2 aromatic carbocycles. The predicted octanol–water partition coefficient (Wildman–Crippen LogP) is 3.69. The Morgan fingerprint density at radius 2 is 1.83 bits per heavy atom. The molecule has 6 heteroatoms. The molecule has 0 fully saturated rings. The number of ketones is 1. The summed E-state index contributed by atoms with van der Waals surface area (Å²) in [6.45, 7) is 4.13. The molecule has 6 nitrogen and oxygen atoms in total. The van der Waals surface area contributed by atoms with Gasteiger partial charge in [0.05, 0.1) is 12.0 Å². The van der Waals surface area contributed by atoms with Gasteiger partial charge in [-0.1, -0.05) is 30.3 Å². The predicted molar refractivity (Wildman–Crippen MR) is 113 cm³/mol. The topological polar surface area (TPSA) is 77.4 Å². The number of carbonyl (C=O) groups excluding carboxylic acids is 3. The molecule has 152 valence electrons. The van der Waals surface area contributed by atoms with Crippen molar-refractivity contribution in [2.75, 3.05) is 11.9 Å². The molecule has 0 saturated carbocycles. The van der Waals surface area contributed by atoms with Crippen LogP contribution in [0.3, 0.4) is 0 Å². The molecule has 0 aliphatic carbocycles. The summed E-state index contributed by atoms with van der Waals surface area (Å²) in [6.07, 6.45) is 0.254. The van der Waals surface area contributed by atoms with Crippen LogP contribution in [0.1, 0.15) is 43.2 Å². The van der Waals surface area contributed by atoms with Gasteiger partial charge in [-0.05, 0) is 49.2 Å². The van der Waals surface area contributed by atoms with Crippen LogP contribution >= 0.6 is 0 Å². The quantitative estimate of drug-likeness (QED) is 0.504. The summed E-state index contributed by atoms with van der Waals surface area (Å²) < 4.78 is 7.35. The van der Waals surface area contributed by atoms with Crippen molar-refractivity contribution in [3.63, 3.8) is 0 Å². The zero-order valence-electron chi connectivity index (χ0n) is 16.9. The van der Waals surface area contributed by atoms with Crippen LogP contribution in [0.2, 0.25) is 0 Å². The maximum atomic E-state index is 12.6. The van der Waals surface area contributed by atoms with Crippen molar-refractivity contribution < 1.29 is 19.1 Å². The van der Waals surface area contributed by atoms with E-state index in [1.807, 2.05) is 44.2 Å². The number of aryl methyl sites for hydroxylation is 1. The van der Waals surface area contributed by atoms with Crippen molar-refractivity contribution >= 4 is 23.3 Å². The molecule has 3 aromatic rings. The Morgan fingerprint density at radius 3 is 2.60 bits per heavy atom. The monoisotopic (exact) mass is 402 g/mol. The van der Waals surface area contributed by atoms with Gasteiger partial charge in [-0.15, -0.1) is 0 Å². The lowest BCUT2D eigenvalue weighted by Crippen LogP contribution is -2.15.